The number of nitrogens with two attached hydrogens (primary N) is 1. The van der Waals surface area contributed by atoms with E-state index in [4.69, 9.17) is 22.1 Å². The van der Waals surface area contributed by atoms with Crippen molar-refractivity contribution in [1.82, 2.24) is 0 Å². The number of carbonyl (C=O) groups is 1. The second-order valence-electron chi connectivity index (χ2n) is 4.98. The zero-order valence-electron chi connectivity index (χ0n) is 11.2. The van der Waals surface area contributed by atoms with Crippen molar-refractivity contribution in [3.05, 3.63) is 57.9 Å². The van der Waals surface area contributed by atoms with E-state index in [1.165, 1.54) is 12.1 Å². The van der Waals surface area contributed by atoms with E-state index < -0.39 is 5.82 Å². The van der Waals surface area contributed by atoms with E-state index in [1.807, 2.05) is 6.07 Å². The Morgan fingerprint density at radius 2 is 2.14 bits per heavy atom. The summed E-state index contributed by atoms with van der Waals surface area (Å²) in [5, 5.41) is 0.564. The molecule has 0 atom stereocenters. The summed E-state index contributed by atoms with van der Waals surface area (Å²) in [4.78, 5) is 12.4. The topological polar surface area (TPSA) is 52.3 Å². The van der Waals surface area contributed by atoms with Crippen LogP contribution in [0.25, 0.3) is 0 Å². The van der Waals surface area contributed by atoms with Crippen LogP contribution in [0.15, 0.2) is 30.3 Å². The van der Waals surface area contributed by atoms with Gasteiger partial charge in [-0.25, -0.2) is 4.39 Å². The Balaban J connectivity index is 1.94. The van der Waals surface area contributed by atoms with Crippen molar-refractivity contribution in [2.45, 2.75) is 12.8 Å². The van der Waals surface area contributed by atoms with Gasteiger partial charge in [-0.15, -0.1) is 0 Å². The van der Waals surface area contributed by atoms with Crippen LogP contribution >= 0.6 is 11.6 Å². The molecule has 0 spiro atoms. The SMILES string of the molecule is Nc1ccc(F)cc1C(=O)Cc1cc(Cl)cc2c1OCC2. The number of ether oxygens (including phenoxy) is 1. The number of halogens is 2. The number of hydrogen-bond acceptors (Lipinski definition) is 3. The van der Waals surface area contributed by atoms with Crippen LogP contribution in [-0.4, -0.2) is 12.4 Å². The normalized spacial score (nSPS) is 12.9. The summed E-state index contributed by atoms with van der Waals surface area (Å²) in [5.74, 6) is -0.0326. The second kappa shape index (κ2) is 5.37. The third-order valence-corrected chi connectivity index (χ3v) is 3.71. The van der Waals surface area contributed by atoms with Gasteiger partial charge in [-0.1, -0.05) is 11.6 Å². The van der Waals surface area contributed by atoms with E-state index in [0.29, 0.717) is 22.9 Å². The highest BCUT2D eigenvalue weighted by atomic mass is 35.5. The third kappa shape index (κ3) is 2.72. The molecule has 2 aromatic rings. The van der Waals surface area contributed by atoms with Gasteiger partial charge in [0.25, 0.3) is 0 Å². The van der Waals surface area contributed by atoms with Gasteiger partial charge < -0.3 is 10.5 Å². The quantitative estimate of drug-likeness (QED) is 0.698. The third-order valence-electron chi connectivity index (χ3n) is 3.49. The number of carbonyl (C=O) groups excluding carboxylic acids is 1. The van der Waals surface area contributed by atoms with Crippen LogP contribution in [0.4, 0.5) is 10.1 Å². The molecular weight excluding hydrogens is 293 g/mol. The molecule has 0 aliphatic carbocycles. The van der Waals surface area contributed by atoms with E-state index in [-0.39, 0.29) is 23.5 Å². The minimum atomic E-state index is -0.486. The molecule has 0 unspecified atom stereocenters. The van der Waals surface area contributed by atoms with Crippen LogP contribution < -0.4 is 10.5 Å². The van der Waals surface area contributed by atoms with Gasteiger partial charge in [-0.05, 0) is 35.9 Å². The molecule has 3 rings (SSSR count). The lowest BCUT2D eigenvalue weighted by atomic mass is 9.99. The molecule has 0 bridgehead atoms. The Morgan fingerprint density at radius 1 is 1.33 bits per heavy atom. The number of benzene rings is 2. The van der Waals surface area contributed by atoms with E-state index in [1.54, 1.807) is 6.07 Å². The molecule has 21 heavy (non-hydrogen) atoms. The molecule has 108 valence electrons. The van der Waals surface area contributed by atoms with Crippen molar-refractivity contribution >= 4 is 23.1 Å². The standard InChI is InChI=1S/C16H13ClFNO2/c17-11-5-9-3-4-21-16(9)10(6-11)7-15(20)13-8-12(18)1-2-14(13)19/h1-2,5-6,8H,3-4,7,19H2. The van der Waals surface area contributed by atoms with Crippen molar-refractivity contribution in [2.75, 3.05) is 12.3 Å². The van der Waals surface area contributed by atoms with Gasteiger partial charge in [-0.3, -0.25) is 4.79 Å². The Labute approximate surface area is 126 Å². The Morgan fingerprint density at radius 3 is 2.95 bits per heavy atom. The summed E-state index contributed by atoms with van der Waals surface area (Å²) in [6, 6.07) is 7.32. The minimum Gasteiger partial charge on any atom is -0.493 e. The molecular formula is C16H13ClFNO2. The summed E-state index contributed by atoms with van der Waals surface area (Å²) >= 11 is 6.06. The molecule has 0 radical (unpaired) electrons. The van der Waals surface area contributed by atoms with Crippen LogP contribution in [0.3, 0.4) is 0 Å². The van der Waals surface area contributed by atoms with Crippen molar-refractivity contribution in [3.63, 3.8) is 0 Å². The molecule has 1 aliphatic heterocycles. The second-order valence-corrected chi connectivity index (χ2v) is 5.42. The number of rotatable bonds is 3. The van der Waals surface area contributed by atoms with Crippen molar-refractivity contribution in [3.8, 4) is 5.75 Å². The van der Waals surface area contributed by atoms with Gasteiger partial charge in [0.15, 0.2) is 5.78 Å². The Bertz CT molecular complexity index is 730. The maximum Gasteiger partial charge on any atom is 0.169 e. The summed E-state index contributed by atoms with van der Waals surface area (Å²) < 4.78 is 18.8. The average molecular weight is 306 g/mol. The van der Waals surface area contributed by atoms with Gasteiger partial charge in [-0.2, -0.15) is 0 Å². The molecule has 1 aliphatic rings. The minimum absolute atomic E-state index is 0.0799. The highest BCUT2D eigenvalue weighted by molar-refractivity contribution is 6.30. The van der Waals surface area contributed by atoms with E-state index >= 15 is 0 Å². The van der Waals surface area contributed by atoms with Gasteiger partial charge in [0, 0.05) is 34.7 Å². The summed E-state index contributed by atoms with van der Waals surface area (Å²) in [7, 11) is 0. The number of anilines is 1. The Hall–Kier alpha value is -2.07. The predicted octanol–water partition coefficient (Wildman–Crippen LogP) is 3.42. The van der Waals surface area contributed by atoms with Gasteiger partial charge in [0.05, 0.1) is 6.61 Å². The fraction of sp³-hybridized carbons (Fsp3) is 0.188. The first kappa shape index (κ1) is 13.9. The van der Waals surface area contributed by atoms with E-state index in [0.717, 1.165) is 18.1 Å². The molecule has 0 saturated heterocycles. The number of Topliss-reactive ketones (excluding diaryl/α,β-unsaturated/α-hetero) is 1. The number of hydrogen-bond donors (Lipinski definition) is 1. The maximum absolute atomic E-state index is 13.3. The van der Waals surface area contributed by atoms with Gasteiger partial charge in [0.2, 0.25) is 0 Å². The number of ketones is 1. The van der Waals surface area contributed by atoms with Crippen molar-refractivity contribution in [2.24, 2.45) is 0 Å². The maximum atomic E-state index is 13.3. The van der Waals surface area contributed by atoms with Crippen LogP contribution in [-0.2, 0) is 12.8 Å². The Kier molecular flexibility index (Phi) is 3.55. The van der Waals surface area contributed by atoms with Crippen molar-refractivity contribution < 1.29 is 13.9 Å². The van der Waals surface area contributed by atoms with Gasteiger partial charge >= 0.3 is 0 Å². The van der Waals surface area contributed by atoms with E-state index in [2.05, 4.69) is 0 Å². The summed E-state index contributed by atoms with van der Waals surface area (Å²) in [5.41, 5.74) is 7.90. The molecule has 3 nitrogen and oxygen atoms in total. The van der Waals surface area contributed by atoms with Crippen LogP contribution in [0.5, 0.6) is 5.75 Å². The molecule has 0 fully saturated rings. The largest absolute Gasteiger partial charge is 0.493 e. The van der Waals surface area contributed by atoms with Crippen LogP contribution in [0.1, 0.15) is 21.5 Å². The lowest BCUT2D eigenvalue weighted by molar-refractivity contribution is 0.0992. The summed E-state index contributed by atoms with van der Waals surface area (Å²) in [6.45, 7) is 0.582. The highest BCUT2D eigenvalue weighted by Crippen LogP contribution is 2.33. The monoisotopic (exact) mass is 305 g/mol. The summed E-state index contributed by atoms with van der Waals surface area (Å²) in [6.07, 6.45) is 0.857. The predicted molar refractivity (Wildman–Crippen MR) is 79.5 cm³/mol. The molecule has 0 aromatic heterocycles. The first-order valence-electron chi connectivity index (χ1n) is 6.57. The zero-order valence-corrected chi connectivity index (χ0v) is 11.9. The molecule has 2 aromatic carbocycles. The number of nitrogen functional groups attached to an aromatic ring is 1. The van der Waals surface area contributed by atoms with E-state index in [9.17, 15) is 9.18 Å². The molecule has 1 heterocycles. The van der Waals surface area contributed by atoms with Crippen molar-refractivity contribution in [1.29, 1.82) is 0 Å². The molecule has 0 saturated carbocycles. The van der Waals surface area contributed by atoms with Gasteiger partial charge in [0.1, 0.15) is 11.6 Å². The average Bonchev–Trinajstić information content (AvgIpc) is 2.89. The first-order chi connectivity index (χ1) is 10.0. The van der Waals surface area contributed by atoms with Crippen LogP contribution in [0, 0.1) is 5.82 Å². The highest BCUT2D eigenvalue weighted by Gasteiger charge is 2.20. The fourth-order valence-electron chi connectivity index (χ4n) is 2.52. The zero-order chi connectivity index (χ0) is 15.0. The molecule has 2 N–H and O–H groups in total. The molecule has 5 heteroatoms. The molecule has 0 amide bonds. The lowest BCUT2D eigenvalue weighted by Crippen LogP contribution is -2.08. The first-order valence-corrected chi connectivity index (χ1v) is 6.94. The van der Waals surface area contributed by atoms with Crippen LogP contribution in [0.2, 0.25) is 5.02 Å². The lowest BCUT2D eigenvalue weighted by Gasteiger charge is -2.10. The fourth-order valence-corrected chi connectivity index (χ4v) is 2.78. The smallest absolute Gasteiger partial charge is 0.169 e. The number of fused-ring (bicyclic) bond motifs is 1.